The van der Waals surface area contributed by atoms with Gasteiger partial charge in [0.05, 0.1) is 13.0 Å². The zero-order chi connectivity index (χ0) is 18.3. The minimum atomic E-state index is -0.803. The molecule has 0 radical (unpaired) electrons. The van der Waals surface area contributed by atoms with Gasteiger partial charge < -0.3 is 14.6 Å². The second-order valence-corrected chi connectivity index (χ2v) is 7.70. The molecule has 0 heterocycles. The van der Waals surface area contributed by atoms with Gasteiger partial charge >= 0.3 is 12.1 Å². The Morgan fingerprint density at radius 3 is 2.33 bits per heavy atom. The number of benzene rings is 1. The van der Waals surface area contributed by atoms with Gasteiger partial charge in [0.25, 0.3) is 0 Å². The summed E-state index contributed by atoms with van der Waals surface area (Å²) in [6.07, 6.45) is -0.549. The van der Waals surface area contributed by atoms with Gasteiger partial charge in [0.2, 0.25) is 0 Å². The summed E-state index contributed by atoms with van der Waals surface area (Å²) < 4.78 is 10.6. The first kappa shape index (κ1) is 18.1. The predicted octanol–water partition coefficient (Wildman–Crippen LogP) is 3.87. The largest absolute Gasteiger partial charge is 0.496 e. The summed E-state index contributed by atoms with van der Waals surface area (Å²) in [5.74, 6) is -0.787. The number of anilines is 1. The average molecular weight is 335 g/mol. The summed E-state index contributed by atoms with van der Waals surface area (Å²) in [4.78, 5) is 23.2. The smallest absolute Gasteiger partial charge is 0.412 e. The molecule has 0 bridgehead atoms. The van der Waals surface area contributed by atoms with Gasteiger partial charge in [-0.1, -0.05) is 19.9 Å². The molecule has 6 nitrogen and oxygen atoms in total. The molecule has 0 aromatic heterocycles. The number of carboxylic acid groups (broad SMARTS) is 1. The number of rotatable bonds is 4. The molecule has 0 spiro atoms. The normalized spacial score (nSPS) is 21.8. The Morgan fingerprint density at radius 2 is 1.88 bits per heavy atom. The van der Waals surface area contributed by atoms with Gasteiger partial charge in [-0.2, -0.15) is 0 Å². The van der Waals surface area contributed by atoms with Crippen LogP contribution in [0.15, 0.2) is 18.2 Å². The number of amides is 1. The SMILES string of the molecule is COc1cc(NC(=O)OC(C)(C)C)ccc1[C@@H]1[C@@H](C(=O)O)C1(C)C. The Balaban J connectivity index is 2.20. The number of hydrogen-bond acceptors (Lipinski definition) is 4. The van der Waals surface area contributed by atoms with Crippen LogP contribution in [0.3, 0.4) is 0 Å². The number of carbonyl (C=O) groups is 2. The van der Waals surface area contributed by atoms with E-state index in [1.54, 1.807) is 39.0 Å². The van der Waals surface area contributed by atoms with Gasteiger partial charge in [0.1, 0.15) is 11.4 Å². The summed E-state index contributed by atoms with van der Waals surface area (Å²) in [6.45, 7) is 9.23. The predicted molar refractivity (Wildman–Crippen MR) is 90.5 cm³/mol. The van der Waals surface area contributed by atoms with Crippen LogP contribution in [0.4, 0.5) is 10.5 Å². The van der Waals surface area contributed by atoms with E-state index in [1.807, 2.05) is 13.8 Å². The number of nitrogens with one attached hydrogen (secondary N) is 1. The molecule has 1 aliphatic rings. The first-order chi connectivity index (χ1) is 11.0. The lowest BCUT2D eigenvalue weighted by atomic mass is 10.0. The van der Waals surface area contributed by atoms with Crippen LogP contribution in [0, 0.1) is 11.3 Å². The van der Waals surface area contributed by atoms with Gasteiger partial charge in [-0.05, 0) is 37.8 Å². The van der Waals surface area contributed by atoms with E-state index in [0.29, 0.717) is 11.4 Å². The van der Waals surface area contributed by atoms with Gasteiger partial charge in [-0.25, -0.2) is 4.79 Å². The first-order valence-electron chi connectivity index (χ1n) is 7.88. The highest BCUT2D eigenvalue weighted by molar-refractivity contribution is 5.85. The Labute approximate surface area is 142 Å². The van der Waals surface area contributed by atoms with Crippen molar-refractivity contribution in [2.24, 2.45) is 11.3 Å². The van der Waals surface area contributed by atoms with Crippen LogP contribution < -0.4 is 10.1 Å². The molecule has 0 unspecified atom stereocenters. The molecule has 24 heavy (non-hydrogen) atoms. The zero-order valence-corrected chi connectivity index (χ0v) is 15.0. The maximum atomic E-state index is 11.9. The maximum Gasteiger partial charge on any atom is 0.412 e. The standard InChI is InChI=1S/C18H25NO5/c1-17(2,3)24-16(22)19-10-7-8-11(12(9-10)23-6)13-14(15(20)21)18(13,4)5/h7-9,13-14H,1-6H3,(H,19,22)(H,20,21)/t13-,14+/m1/s1. The maximum absolute atomic E-state index is 11.9. The lowest BCUT2D eigenvalue weighted by Crippen LogP contribution is -2.27. The van der Waals surface area contributed by atoms with Crippen molar-refractivity contribution in [2.75, 3.05) is 12.4 Å². The average Bonchev–Trinajstić information content (AvgIpc) is 2.99. The molecule has 1 fully saturated rings. The molecule has 1 aliphatic carbocycles. The number of carbonyl (C=O) groups excluding carboxylic acids is 1. The number of methoxy groups -OCH3 is 1. The molecule has 2 N–H and O–H groups in total. The Morgan fingerprint density at radius 1 is 1.25 bits per heavy atom. The van der Waals surface area contributed by atoms with Crippen LogP contribution in [0.25, 0.3) is 0 Å². The van der Waals surface area contributed by atoms with Gasteiger partial charge in [0, 0.05) is 17.7 Å². The van der Waals surface area contributed by atoms with Crippen molar-refractivity contribution in [1.82, 2.24) is 0 Å². The molecule has 0 aliphatic heterocycles. The third-order valence-electron chi connectivity index (χ3n) is 4.31. The molecule has 1 amide bonds. The second-order valence-electron chi connectivity index (χ2n) is 7.70. The third-order valence-corrected chi connectivity index (χ3v) is 4.31. The van der Waals surface area contributed by atoms with E-state index in [2.05, 4.69) is 5.32 Å². The molecular weight excluding hydrogens is 310 g/mol. The van der Waals surface area contributed by atoms with Crippen LogP contribution in [0.1, 0.15) is 46.1 Å². The minimum Gasteiger partial charge on any atom is -0.496 e. The van der Waals surface area contributed by atoms with E-state index in [4.69, 9.17) is 9.47 Å². The molecule has 132 valence electrons. The van der Waals surface area contributed by atoms with E-state index in [9.17, 15) is 14.7 Å². The second kappa shape index (κ2) is 6.00. The summed E-state index contributed by atoms with van der Waals surface area (Å²) in [7, 11) is 1.53. The summed E-state index contributed by atoms with van der Waals surface area (Å²) in [6, 6.07) is 5.22. The van der Waals surface area contributed by atoms with Gasteiger partial charge in [0.15, 0.2) is 0 Å². The highest BCUT2D eigenvalue weighted by Gasteiger charge is 2.63. The molecule has 1 aromatic carbocycles. The van der Waals surface area contributed by atoms with Crippen LogP contribution >= 0.6 is 0 Å². The lowest BCUT2D eigenvalue weighted by molar-refractivity contribution is -0.139. The number of carboxylic acids is 1. The molecule has 2 atom stereocenters. The lowest BCUT2D eigenvalue weighted by Gasteiger charge is -2.20. The Kier molecular flexibility index (Phi) is 4.52. The van der Waals surface area contributed by atoms with Crippen molar-refractivity contribution in [1.29, 1.82) is 0 Å². The van der Waals surface area contributed by atoms with E-state index < -0.39 is 23.6 Å². The minimum absolute atomic E-state index is 0.111. The van der Waals surface area contributed by atoms with Crippen LogP contribution in [-0.2, 0) is 9.53 Å². The summed E-state index contributed by atoms with van der Waals surface area (Å²) in [5.41, 5.74) is 0.472. The number of aliphatic carboxylic acids is 1. The summed E-state index contributed by atoms with van der Waals surface area (Å²) >= 11 is 0. The van der Waals surface area contributed by atoms with E-state index in [-0.39, 0.29) is 11.3 Å². The van der Waals surface area contributed by atoms with E-state index in [0.717, 1.165) is 5.56 Å². The number of ether oxygens (including phenoxy) is 2. The number of hydrogen-bond donors (Lipinski definition) is 2. The Bertz CT molecular complexity index is 660. The Hall–Kier alpha value is -2.24. The molecule has 1 saturated carbocycles. The topological polar surface area (TPSA) is 84.9 Å². The monoisotopic (exact) mass is 335 g/mol. The molecule has 6 heteroatoms. The zero-order valence-electron chi connectivity index (χ0n) is 15.0. The van der Waals surface area contributed by atoms with Crippen molar-refractivity contribution in [3.05, 3.63) is 23.8 Å². The van der Waals surface area contributed by atoms with Crippen LogP contribution in [0.2, 0.25) is 0 Å². The molecule has 0 saturated heterocycles. The fraction of sp³-hybridized carbons (Fsp3) is 0.556. The first-order valence-corrected chi connectivity index (χ1v) is 7.88. The van der Waals surface area contributed by atoms with E-state index in [1.165, 1.54) is 7.11 Å². The van der Waals surface area contributed by atoms with Crippen LogP contribution in [0.5, 0.6) is 5.75 Å². The molecule has 1 aromatic rings. The quantitative estimate of drug-likeness (QED) is 0.872. The van der Waals surface area contributed by atoms with Crippen molar-refractivity contribution in [2.45, 2.75) is 46.1 Å². The van der Waals surface area contributed by atoms with Crippen molar-refractivity contribution in [3.8, 4) is 5.75 Å². The van der Waals surface area contributed by atoms with Gasteiger partial charge in [-0.15, -0.1) is 0 Å². The van der Waals surface area contributed by atoms with Crippen molar-refractivity contribution >= 4 is 17.7 Å². The van der Waals surface area contributed by atoms with Crippen molar-refractivity contribution in [3.63, 3.8) is 0 Å². The molecular formula is C18H25NO5. The fourth-order valence-electron chi connectivity index (χ4n) is 3.15. The molecule has 2 rings (SSSR count). The highest BCUT2D eigenvalue weighted by atomic mass is 16.6. The van der Waals surface area contributed by atoms with Gasteiger partial charge in [-0.3, -0.25) is 10.1 Å². The fourth-order valence-corrected chi connectivity index (χ4v) is 3.15. The highest BCUT2D eigenvalue weighted by Crippen LogP contribution is 2.65. The summed E-state index contributed by atoms with van der Waals surface area (Å²) in [5, 5.41) is 12.0. The van der Waals surface area contributed by atoms with E-state index >= 15 is 0 Å². The van der Waals surface area contributed by atoms with Crippen molar-refractivity contribution < 1.29 is 24.2 Å². The third kappa shape index (κ3) is 3.63. The van der Waals surface area contributed by atoms with Crippen LogP contribution in [-0.4, -0.2) is 29.9 Å².